The van der Waals surface area contributed by atoms with Crippen LogP contribution in [0.5, 0.6) is 0 Å². The van der Waals surface area contributed by atoms with Crippen LogP contribution < -0.4 is 4.90 Å². The molecule has 0 N–H and O–H groups in total. The highest BCUT2D eigenvalue weighted by atomic mass is 35.5. The topological polar surface area (TPSA) is 38.8 Å². The molecule has 4 rings (SSSR count). The number of esters is 1. The zero-order valence-electron chi connectivity index (χ0n) is 13.4. The molecule has 0 saturated heterocycles. The summed E-state index contributed by atoms with van der Waals surface area (Å²) < 4.78 is 10.6. The van der Waals surface area contributed by atoms with Gasteiger partial charge in [-0.25, -0.2) is 4.79 Å². The lowest BCUT2D eigenvalue weighted by molar-refractivity contribution is 0.0152. The summed E-state index contributed by atoms with van der Waals surface area (Å²) in [5, 5.41) is 0.734. The van der Waals surface area contributed by atoms with Crippen molar-refractivity contribution in [3.63, 3.8) is 0 Å². The minimum atomic E-state index is -0.284. The molecule has 0 aromatic heterocycles. The summed E-state index contributed by atoms with van der Waals surface area (Å²) in [4.78, 5) is 14.4. The number of fused-ring (bicyclic) bond motifs is 2. The SMILES string of the molecule is COCC1OC(=O)c2cc3c(cc21)CCN(c1cccc(Cl)c1)C3. The molecule has 0 amide bonds. The lowest BCUT2D eigenvalue weighted by Crippen LogP contribution is -2.30. The molecule has 4 nitrogen and oxygen atoms in total. The molecule has 124 valence electrons. The monoisotopic (exact) mass is 343 g/mol. The summed E-state index contributed by atoms with van der Waals surface area (Å²) in [5.74, 6) is -0.255. The summed E-state index contributed by atoms with van der Waals surface area (Å²) >= 11 is 6.11. The van der Waals surface area contributed by atoms with Crippen LogP contribution in [-0.4, -0.2) is 26.2 Å². The largest absolute Gasteiger partial charge is 0.451 e. The van der Waals surface area contributed by atoms with Crippen molar-refractivity contribution in [3.8, 4) is 0 Å². The van der Waals surface area contributed by atoms with Crippen LogP contribution in [0.2, 0.25) is 5.02 Å². The molecule has 2 aliphatic heterocycles. The summed E-state index contributed by atoms with van der Waals surface area (Å²) in [5.41, 5.74) is 5.19. The molecule has 0 aliphatic carbocycles. The van der Waals surface area contributed by atoms with Gasteiger partial charge >= 0.3 is 5.97 Å². The minimum absolute atomic E-state index is 0.255. The third kappa shape index (κ3) is 2.66. The number of hydrogen-bond donors (Lipinski definition) is 0. The second kappa shape index (κ2) is 6.11. The van der Waals surface area contributed by atoms with E-state index in [1.165, 1.54) is 11.1 Å². The molecule has 2 aromatic rings. The van der Waals surface area contributed by atoms with Crippen LogP contribution in [0.15, 0.2) is 36.4 Å². The first-order valence-corrected chi connectivity index (χ1v) is 8.39. The van der Waals surface area contributed by atoms with Crippen LogP contribution in [-0.2, 0) is 22.4 Å². The third-order valence-corrected chi connectivity index (χ3v) is 4.93. The number of carbonyl (C=O) groups excluding carboxylic acids is 1. The van der Waals surface area contributed by atoms with E-state index in [-0.39, 0.29) is 12.1 Å². The van der Waals surface area contributed by atoms with Gasteiger partial charge in [-0.3, -0.25) is 0 Å². The van der Waals surface area contributed by atoms with Crippen molar-refractivity contribution in [1.82, 2.24) is 0 Å². The second-order valence-electron chi connectivity index (χ2n) is 6.21. The fraction of sp³-hybridized carbons (Fsp3) is 0.316. The zero-order valence-corrected chi connectivity index (χ0v) is 14.2. The van der Waals surface area contributed by atoms with Crippen molar-refractivity contribution in [2.24, 2.45) is 0 Å². The Morgan fingerprint density at radius 1 is 1.29 bits per heavy atom. The van der Waals surface area contributed by atoms with Gasteiger partial charge in [0.1, 0.15) is 0 Å². The van der Waals surface area contributed by atoms with E-state index >= 15 is 0 Å². The number of anilines is 1. The first-order valence-electron chi connectivity index (χ1n) is 8.02. The zero-order chi connectivity index (χ0) is 16.7. The number of rotatable bonds is 3. The number of benzene rings is 2. The van der Waals surface area contributed by atoms with Crippen LogP contribution in [0.1, 0.15) is 33.2 Å². The maximum absolute atomic E-state index is 12.1. The Hall–Kier alpha value is -2.04. The molecular weight excluding hydrogens is 326 g/mol. The van der Waals surface area contributed by atoms with Gasteiger partial charge in [-0.2, -0.15) is 0 Å². The number of hydrogen-bond acceptors (Lipinski definition) is 4. The summed E-state index contributed by atoms with van der Waals surface area (Å²) in [6.07, 6.45) is 0.650. The number of carbonyl (C=O) groups is 1. The number of halogens is 1. The molecule has 2 aliphatic rings. The molecule has 2 heterocycles. The average Bonchev–Trinajstić information content (AvgIpc) is 2.88. The van der Waals surface area contributed by atoms with Crippen LogP contribution in [0.25, 0.3) is 0 Å². The lowest BCUT2D eigenvalue weighted by atomic mass is 9.92. The molecule has 0 spiro atoms. The molecule has 5 heteroatoms. The van der Waals surface area contributed by atoms with E-state index in [2.05, 4.69) is 17.0 Å². The Morgan fingerprint density at radius 3 is 2.96 bits per heavy atom. The van der Waals surface area contributed by atoms with Gasteiger partial charge in [-0.05, 0) is 41.8 Å². The van der Waals surface area contributed by atoms with Gasteiger partial charge < -0.3 is 14.4 Å². The van der Waals surface area contributed by atoms with Gasteiger partial charge in [-0.15, -0.1) is 0 Å². The van der Waals surface area contributed by atoms with Crippen molar-refractivity contribution in [1.29, 1.82) is 0 Å². The van der Waals surface area contributed by atoms with Crippen molar-refractivity contribution in [2.45, 2.75) is 19.1 Å². The van der Waals surface area contributed by atoms with E-state index in [1.54, 1.807) is 7.11 Å². The fourth-order valence-corrected chi connectivity index (χ4v) is 3.68. The first kappa shape index (κ1) is 15.5. The van der Waals surface area contributed by atoms with Gasteiger partial charge in [0.15, 0.2) is 6.10 Å². The molecule has 0 saturated carbocycles. The predicted molar refractivity (Wildman–Crippen MR) is 92.7 cm³/mol. The van der Waals surface area contributed by atoms with E-state index < -0.39 is 0 Å². The second-order valence-corrected chi connectivity index (χ2v) is 6.65. The van der Waals surface area contributed by atoms with E-state index in [1.807, 2.05) is 24.3 Å². The number of ether oxygens (including phenoxy) is 2. The third-order valence-electron chi connectivity index (χ3n) is 4.69. The Balaban J connectivity index is 1.66. The van der Waals surface area contributed by atoms with E-state index in [9.17, 15) is 4.79 Å². The Bertz CT molecular complexity index is 805. The Kier molecular flexibility index (Phi) is 3.94. The standard InChI is InChI=1S/C19H18ClNO3/c1-23-11-18-16-7-12-5-6-21(15-4-2-3-14(20)9-15)10-13(12)8-17(16)19(22)24-18/h2-4,7-9,18H,5-6,10-11H2,1H3. The van der Waals surface area contributed by atoms with Gasteiger partial charge in [-0.1, -0.05) is 23.7 Å². The van der Waals surface area contributed by atoms with Gasteiger partial charge in [0.05, 0.1) is 12.2 Å². The number of nitrogens with zero attached hydrogens (tertiary/aromatic N) is 1. The van der Waals surface area contributed by atoms with E-state index in [0.29, 0.717) is 12.2 Å². The lowest BCUT2D eigenvalue weighted by Gasteiger charge is -2.31. The van der Waals surface area contributed by atoms with Crippen molar-refractivity contribution in [3.05, 3.63) is 63.7 Å². The molecule has 0 bridgehead atoms. The molecular formula is C19H18ClNO3. The average molecular weight is 344 g/mol. The molecule has 24 heavy (non-hydrogen) atoms. The van der Waals surface area contributed by atoms with E-state index in [4.69, 9.17) is 21.1 Å². The normalized spacial score (nSPS) is 19.0. The summed E-state index contributed by atoms with van der Waals surface area (Å²) in [6.45, 7) is 2.09. The Labute approximate surface area is 145 Å². The summed E-state index contributed by atoms with van der Waals surface area (Å²) in [6, 6.07) is 12.0. The van der Waals surface area contributed by atoms with Gasteiger partial charge in [0, 0.05) is 36.5 Å². The molecule has 0 fully saturated rings. The van der Waals surface area contributed by atoms with Gasteiger partial charge in [0.2, 0.25) is 0 Å². The molecule has 0 radical (unpaired) electrons. The Morgan fingerprint density at radius 2 is 2.17 bits per heavy atom. The predicted octanol–water partition coefficient (Wildman–Crippen LogP) is 3.76. The van der Waals surface area contributed by atoms with Crippen LogP contribution >= 0.6 is 11.6 Å². The van der Waals surface area contributed by atoms with E-state index in [0.717, 1.165) is 35.8 Å². The van der Waals surface area contributed by atoms with Crippen molar-refractivity contribution in [2.75, 3.05) is 25.2 Å². The molecule has 1 unspecified atom stereocenters. The number of cyclic esters (lactones) is 1. The minimum Gasteiger partial charge on any atom is -0.451 e. The van der Waals surface area contributed by atoms with Crippen molar-refractivity contribution >= 4 is 23.3 Å². The van der Waals surface area contributed by atoms with Crippen LogP contribution in [0.3, 0.4) is 0 Å². The van der Waals surface area contributed by atoms with Crippen molar-refractivity contribution < 1.29 is 14.3 Å². The number of methoxy groups -OCH3 is 1. The summed E-state index contributed by atoms with van der Waals surface area (Å²) in [7, 11) is 1.62. The van der Waals surface area contributed by atoms with Gasteiger partial charge in [0.25, 0.3) is 0 Å². The van der Waals surface area contributed by atoms with Crippen LogP contribution in [0.4, 0.5) is 5.69 Å². The smallest absolute Gasteiger partial charge is 0.339 e. The highest BCUT2D eigenvalue weighted by Crippen LogP contribution is 2.35. The highest BCUT2D eigenvalue weighted by molar-refractivity contribution is 6.30. The highest BCUT2D eigenvalue weighted by Gasteiger charge is 2.33. The molecule has 2 aromatic carbocycles. The first-order chi connectivity index (χ1) is 11.7. The maximum Gasteiger partial charge on any atom is 0.339 e. The molecule has 1 atom stereocenters. The van der Waals surface area contributed by atoms with Crippen LogP contribution in [0, 0.1) is 0 Å². The quantitative estimate of drug-likeness (QED) is 0.795. The maximum atomic E-state index is 12.1. The fourth-order valence-electron chi connectivity index (χ4n) is 3.50.